The van der Waals surface area contributed by atoms with Gasteiger partial charge in [-0.1, -0.05) is 18.2 Å². The summed E-state index contributed by atoms with van der Waals surface area (Å²) in [5.74, 6) is -0.776. The third kappa shape index (κ3) is 4.49. The van der Waals surface area contributed by atoms with Crippen molar-refractivity contribution in [2.24, 2.45) is 0 Å². The molecule has 1 atom stereocenters. The van der Waals surface area contributed by atoms with Gasteiger partial charge in [0, 0.05) is 31.6 Å². The molecule has 3 aliphatic heterocycles. The van der Waals surface area contributed by atoms with Gasteiger partial charge in [-0.25, -0.2) is 0 Å². The van der Waals surface area contributed by atoms with Crippen molar-refractivity contribution in [3.05, 3.63) is 34.9 Å². The van der Waals surface area contributed by atoms with Gasteiger partial charge < -0.3 is 20.3 Å². The van der Waals surface area contributed by atoms with Gasteiger partial charge in [0.2, 0.25) is 11.8 Å². The number of piperidine rings is 2. The molecule has 1 aromatic carbocycles. The van der Waals surface area contributed by atoms with E-state index in [1.165, 1.54) is 0 Å². The average Bonchev–Trinajstić information content (AvgIpc) is 3.06. The molecular formula is C21H28N4O4. The number of carbonyl (C=O) groups is 3. The van der Waals surface area contributed by atoms with Crippen molar-refractivity contribution in [3.8, 4) is 0 Å². The van der Waals surface area contributed by atoms with Gasteiger partial charge in [0.25, 0.3) is 5.91 Å². The first-order chi connectivity index (χ1) is 14.1. The second-order valence-electron chi connectivity index (χ2n) is 7.85. The van der Waals surface area contributed by atoms with Gasteiger partial charge in [-0.2, -0.15) is 0 Å². The Labute approximate surface area is 170 Å². The molecule has 1 aromatic rings. The molecule has 156 valence electrons. The lowest BCUT2D eigenvalue weighted by Crippen LogP contribution is -2.52. The van der Waals surface area contributed by atoms with Gasteiger partial charge in [-0.15, -0.1) is 0 Å². The van der Waals surface area contributed by atoms with Crippen LogP contribution in [0.1, 0.15) is 47.2 Å². The van der Waals surface area contributed by atoms with Crippen LogP contribution in [0.15, 0.2) is 18.2 Å². The molecule has 8 heteroatoms. The molecule has 1 unspecified atom stereocenters. The molecule has 0 spiro atoms. The number of hydrogen-bond donors (Lipinski definition) is 3. The second-order valence-corrected chi connectivity index (χ2v) is 7.85. The van der Waals surface area contributed by atoms with Gasteiger partial charge in [-0.05, 0) is 43.5 Å². The number of fused-ring (bicyclic) bond motifs is 1. The van der Waals surface area contributed by atoms with Crippen molar-refractivity contribution < 1.29 is 19.1 Å². The van der Waals surface area contributed by atoms with E-state index >= 15 is 0 Å². The van der Waals surface area contributed by atoms with E-state index in [1.54, 1.807) is 4.90 Å². The normalized spacial score (nSPS) is 22.7. The topological polar surface area (TPSA) is 99.8 Å². The van der Waals surface area contributed by atoms with Crippen molar-refractivity contribution in [1.82, 2.24) is 20.9 Å². The predicted octanol–water partition coefficient (Wildman–Crippen LogP) is 0.306. The molecule has 3 aliphatic rings. The number of nitrogens with zero attached hydrogens (tertiary/aromatic N) is 1. The van der Waals surface area contributed by atoms with Gasteiger partial charge in [0.15, 0.2) is 0 Å². The third-order valence-corrected chi connectivity index (χ3v) is 5.87. The second kappa shape index (κ2) is 9.02. The Morgan fingerprint density at radius 1 is 1.14 bits per heavy atom. The largest absolute Gasteiger partial charge is 0.377 e. The highest BCUT2D eigenvalue weighted by atomic mass is 16.5. The molecule has 3 N–H and O–H groups in total. The number of ether oxygens (including phenoxy) is 1. The Balaban J connectivity index is 1.32. The smallest absolute Gasteiger partial charge is 0.255 e. The molecule has 0 aromatic heterocycles. The standard InChI is InChI=1S/C21H28N4O4/c26-18-5-4-17(20(27)24-18)25-13-15-3-1-2-14(19(15)21(25)28)12-23-10-11-29-16-6-8-22-9-7-16/h1-3,16-17,22-23H,4-13H2,(H,24,26,27). The van der Waals surface area contributed by atoms with Crippen molar-refractivity contribution in [2.75, 3.05) is 26.2 Å². The molecule has 0 aliphatic carbocycles. The molecule has 3 heterocycles. The van der Waals surface area contributed by atoms with Crippen LogP contribution in [0.3, 0.4) is 0 Å². The fourth-order valence-corrected chi connectivity index (χ4v) is 4.32. The van der Waals surface area contributed by atoms with E-state index < -0.39 is 6.04 Å². The molecular weight excluding hydrogens is 372 g/mol. The SMILES string of the molecule is O=C1CCC(N2Cc3cccc(CNCCOC4CCNCC4)c3C2=O)C(=O)N1. The Bertz CT molecular complexity index is 791. The summed E-state index contributed by atoms with van der Waals surface area (Å²) in [5.41, 5.74) is 2.55. The number of amides is 3. The van der Waals surface area contributed by atoms with Crippen LogP contribution in [0.5, 0.6) is 0 Å². The fourth-order valence-electron chi connectivity index (χ4n) is 4.32. The number of benzene rings is 1. The lowest BCUT2D eigenvalue weighted by molar-refractivity contribution is -0.136. The van der Waals surface area contributed by atoms with Crippen LogP contribution >= 0.6 is 0 Å². The van der Waals surface area contributed by atoms with Gasteiger partial charge in [0.1, 0.15) is 6.04 Å². The summed E-state index contributed by atoms with van der Waals surface area (Å²) in [7, 11) is 0. The maximum absolute atomic E-state index is 13.0. The van der Waals surface area contributed by atoms with E-state index in [1.807, 2.05) is 18.2 Å². The maximum Gasteiger partial charge on any atom is 0.255 e. The fraction of sp³-hybridized carbons (Fsp3) is 0.571. The van der Waals surface area contributed by atoms with Gasteiger partial charge in [-0.3, -0.25) is 19.7 Å². The van der Waals surface area contributed by atoms with Crippen LogP contribution in [0.4, 0.5) is 0 Å². The van der Waals surface area contributed by atoms with E-state index in [9.17, 15) is 14.4 Å². The third-order valence-electron chi connectivity index (χ3n) is 5.87. The van der Waals surface area contributed by atoms with E-state index in [0.29, 0.717) is 37.8 Å². The summed E-state index contributed by atoms with van der Waals surface area (Å²) in [5, 5.41) is 9.03. The Hall–Kier alpha value is -2.29. The summed E-state index contributed by atoms with van der Waals surface area (Å²) in [6.45, 7) is 4.38. The molecule has 3 amide bonds. The van der Waals surface area contributed by atoms with Gasteiger partial charge in [0.05, 0.1) is 12.7 Å². The molecule has 0 radical (unpaired) electrons. The Morgan fingerprint density at radius 2 is 1.97 bits per heavy atom. The van der Waals surface area contributed by atoms with Crippen LogP contribution in [0.25, 0.3) is 0 Å². The van der Waals surface area contributed by atoms with Crippen molar-refractivity contribution in [2.45, 2.75) is 50.9 Å². The lowest BCUT2D eigenvalue weighted by atomic mass is 10.0. The Kier molecular flexibility index (Phi) is 6.22. The number of carbonyl (C=O) groups excluding carboxylic acids is 3. The summed E-state index contributed by atoms with van der Waals surface area (Å²) < 4.78 is 5.90. The zero-order chi connectivity index (χ0) is 20.2. The molecule has 29 heavy (non-hydrogen) atoms. The number of nitrogens with one attached hydrogen (secondary N) is 3. The first-order valence-corrected chi connectivity index (χ1v) is 10.4. The quantitative estimate of drug-likeness (QED) is 0.450. The number of rotatable bonds is 7. The van der Waals surface area contributed by atoms with E-state index in [-0.39, 0.29) is 24.1 Å². The van der Waals surface area contributed by atoms with E-state index in [2.05, 4.69) is 16.0 Å². The zero-order valence-electron chi connectivity index (χ0n) is 16.5. The highest BCUT2D eigenvalue weighted by molar-refractivity contribution is 6.05. The lowest BCUT2D eigenvalue weighted by Gasteiger charge is -2.29. The van der Waals surface area contributed by atoms with Crippen LogP contribution in [0, 0.1) is 0 Å². The first-order valence-electron chi connectivity index (χ1n) is 10.4. The summed E-state index contributed by atoms with van der Waals surface area (Å²) in [6, 6.07) is 5.25. The molecule has 0 saturated carbocycles. The minimum atomic E-state index is -0.577. The molecule has 0 bridgehead atoms. The van der Waals surface area contributed by atoms with E-state index in [4.69, 9.17) is 4.74 Å². The van der Waals surface area contributed by atoms with Crippen LogP contribution in [-0.4, -0.2) is 61.0 Å². The first kappa shape index (κ1) is 20.0. The zero-order valence-corrected chi connectivity index (χ0v) is 16.5. The molecule has 8 nitrogen and oxygen atoms in total. The summed E-state index contributed by atoms with van der Waals surface area (Å²) in [6.07, 6.45) is 3.09. The highest BCUT2D eigenvalue weighted by Crippen LogP contribution is 2.29. The minimum Gasteiger partial charge on any atom is -0.377 e. The van der Waals surface area contributed by atoms with Crippen molar-refractivity contribution in [1.29, 1.82) is 0 Å². The predicted molar refractivity (Wildman–Crippen MR) is 106 cm³/mol. The number of hydrogen-bond acceptors (Lipinski definition) is 6. The Morgan fingerprint density at radius 3 is 2.76 bits per heavy atom. The summed E-state index contributed by atoms with van der Waals surface area (Å²) in [4.78, 5) is 38.2. The molecule has 4 rings (SSSR count). The average molecular weight is 400 g/mol. The molecule has 2 fully saturated rings. The minimum absolute atomic E-state index is 0.127. The van der Waals surface area contributed by atoms with Crippen LogP contribution < -0.4 is 16.0 Å². The van der Waals surface area contributed by atoms with Gasteiger partial charge >= 0.3 is 0 Å². The van der Waals surface area contributed by atoms with Crippen LogP contribution in [-0.2, 0) is 27.4 Å². The summed E-state index contributed by atoms with van der Waals surface area (Å²) >= 11 is 0. The van der Waals surface area contributed by atoms with Crippen molar-refractivity contribution in [3.63, 3.8) is 0 Å². The number of imide groups is 1. The van der Waals surface area contributed by atoms with E-state index in [0.717, 1.165) is 43.6 Å². The van der Waals surface area contributed by atoms with Crippen LogP contribution in [0.2, 0.25) is 0 Å². The maximum atomic E-state index is 13.0. The van der Waals surface area contributed by atoms with Crippen molar-refractivity contribution >= 4 is 17.7 Å². The monoisotopic (exact) mass is 400 g/mol. The highest BCUT2D eigenvalue weighted by Gasteiger charge is 2.39. The molecule has 2 saturated heterocycles.